The monoisotopic (exact) mass is 301 g/mol. The van der Waals surface area contributed by atoms with Crippen molar-refractivity contribution in [3.8, 4) is 0 Å². The Hall–Kier alpha value is -2.21. The predicted molar refractivity (Wildman–Crippen MR) is 84.9 cm³/mol. The fourth-order valence-electron chi connectivity index (χ4n) is 3.21. The number of nitrogens with zero attached hydrogens (tertiary/aromatic N) is 2. The first-order valence-electron chi connectivity index (χ1n) is 7.60. The summed E-state index contributed by atoms with van der Waals surface area (Å²) in [4.78, 5) is 14.7. The Bertz CT molecular complexity index is 683. The van der Waals surface area contributed by atoms with Crippen LogP contribution in [0, 0.1) is 16.0 Å². The SMILES string of the molecule is O=[N+]([O-])c1ccc(NCC(O)C2CCCC2)c2ccncc12. The number of aromatic nitrogens is 1. The second kappa shape index (κ2) is 6.27. The molecule has 6 heteroatoms. The topological polar surface area (TPSA) is 88.3 Å². The Morgan fingerprint density at radius 2 is 2.09 bits per heavy atom. The Labute approximate surface area is 128 Å². The van der Waals surface area contributed by atoms with Crippen LogP contribution in [-0.4, -0.2) is 27.7 Å². The lowest BCUT2D eigenvalue weighted by atomic mass is 10.0. The van der Waals surface area contributed by atoms with Crippen LogP contribution in [0.15, 0.2) is 30.6 Å². The highest BCUT2D eigenvalue weighted by atomic mass is 16.6. The van der Waals surface area contributed by atoms with Crippen molar-refractivity contribution in [3.05, 3.63) is 40.7 Å². The minimum Gasteiger partial charge on any atom is -0.391 e. The van der Waals surface area contributed by atoms with Crippen molar-refractivity contribution in [2.75, 3.05) is 11.9 Å². The molecule has 2 N–H and O–H groups in total. The van der Waals surface area contributed by atoms with Gasteiger partial charge in [-0.25, -0.2) is 0 Å². The van der Waals surface area contributed by atoms with Crippen molar-refractivity contribution in [2.24, 2.45) is 5.92 Å². The van der Waals surface area contributed by atoms with Gasteiger partial charge in [0.1, 0.15) is 0 Å². The van der Waals surface area contributed by atoms with Gasteiger partial charge in [0.05, 0.1) is 16.4 Å². The lowest BCUT2D eigenvalue weighted by Gasteiger charge is -2.19. The Morgan fingerprint density at radius 3 is 2.82 bits per heavy atom. The van der Waals surface area contributed by atoms with E-state index in [-0.39, 0.29) is 11.8 Å². The molecule has 0 aliphatic heterocycles. The van der Waals surface area contributed by atoms with Gasteiger partial charge in [-0.15, -0.1) is 0 Å². The molecule has 1 heterocycles. The fraction of sp³-hybridized carbons (Fsp3) is 0.438. The summed E-state index contributed by atoms with van der Waals surface area (Å²) in [6.07, 6.45) is 7.27. The van der Waals surface area contributed by atoms with Crippen LogP contribution in [0.2, 0.25) is 0 Å². The number of anilines is 1. The van der Waals surface area contributed by atoms with Crippen molar-refractivity contribution in [3.63, 3.8) is 0 Å². The van der Waals surface area contributed by atoms with Crippen LogP contribution in [0.25, 0.3) is 10.8 Å². The Kier molecular flexibility index (Phi) is 4.20. The molecule has 6 nitrogen and oxygen atoms in total. The van der Waals surface area contributed by atoms with E-state index in [4.69, 9.17) is 0 Å². The highest BCUT2D eigenvalue weighted by Crippen LogP contribution is 2.32. The Balaban J connectivity index is 1.82. The molecule has 3 rings (SSSR count). The van der Waals surface area contributed by atoms with Crippen LogP contribution in [0.4, 0.5) is 11.4 Å². The molecule has 22 heavy (non-hydrogen) atoms. The summed E-state index contributed by atoms with van der Waals surface area (Å²) in [6, 6.07) is 4.93. The van der Waals surface area contributed by atoms with E-state index in [1.165, 1.54) is 25.1 Å². The maximum atomic E-state index is 11.1. The van der Waals surface area contributed by atoms with Crippen LogP contribution in [-0.2, 0) is 0 Å². The number of pyridine rings is 1. The molecular formula is C16H19N3O3. The second-order valence-corrected chi connectivity index (χ2v) is 5.80. The van der Waals surface area contributed by atoms with Crippen molar-refractivity contribution in [1.82, 2.24) is 4.98 Å². The number of fused-ring (bicyclic) bond motifs is 1. The minimum atomic E-state index is -0.402. The normalized spacial score (nSPS) is 16.8. The van der Waals surface area contributed by atoms with Crippen LogP contribution in [0.5, 0.6) is 0 Å². The lowest BCUT2D eigenvalue weighted by Crippen LogP contribution is -2.26. The van der Waals surface area contributed by atoms with Crippen LogP contribution >= 0.6 is 0 Å². The van der Waals surface area contributed by atoms with E-state index in [0.717, 1.165) is 23.9 Å². The number of nitrogens with one attached hydrogen (secondary N) is 1. The van der Waals surface area contributed by atoms with Gasteiger partial charge in [0.25, 0.3) is 5.69 Å². The van der Waals surface area contributed by atoms with E-state index in [2.05, 4.69) is 10.3 Å². The predicted octanol–water partition coefficient (Wildman–Crippen LogP) is 3.11. The van der Waals surface area contributed by atoms with Gasteiger partial charge in [-0.1, -0.05) is 12.8 Å². The summed E-state index contributed by atoms with van der Waals surface area (Å²) in [7, 11) is 0. The maximum Gasteiger partial charge on any atom is 0.278 e. The lowest BCUT2D eigenvalue weighted by molar-refractivity contribution is -0.383. The first-order valence-corrected chi connectivity index (χ1v) is 7.60. The minimum absolute atomic E-state index is 0.0463. The van der Waals surface area contributed by atoms with Gasteiger partial charge in [0, 0.05) is 36.1 Å². The molecule has 1 atom stereocenters. The Morgan fingerprint density at radius 1 is 1.32 bits per heavy atom. The third kappa shape index (κ3) is 2.87. The average Bonchev–Trinajstić information content (AvgIpc) is 3.06. The van der Waals surface area contributed by atoms with E-state index < -0.39 is 4.92 Å². The zero-order valence-electron chi connectivity index (χ0n) is 12.2. The van der Waals surface area contributed by atoms with Crippen LogP contribution in [0.3, 0.4) is 0 Å². The van der Waals surface area contributed by atoms with E-state index >= 15 is 0 Å². The van der Waals surface area contributed by atoms with Crippen molar-refractivity contribution in [2.45, 2.75) is 31.8 Å². The van der Waals surface area contributed by atoms with Gasteiger partial charge in [0.2, 0.25) is 0 Å². The number of nitro benzene ring substituents is 1. The largest absolute Gasteiger partial charge is 0.391 e. The summed E-state index contributed by atoms with van der Waals surface area (Å²) in [6.45, 7) is 0.458. The van der Waals surface area contributed by atoms with Gasteiger partial charge in [-0.3, -0.25) is 15.1 Å². The number of aliphatic hydroxyl groups excluding tert-OH is 1. The van der Waals surface area contributed by atoms with Crippen molar-refractivity contribution >= 4 is 22.1 Å². The number of hydrogen-bond donors (Lipinski definition) is 2. The van der Waals surface area contributed by atoms with E-state index in [0.29, 0.717) is 17.8 Å². The molecule has 0 amide bonds. The first-order chi connectivity index (χ1) is 10.7. The molecule has 1 aliphatic carbocycles. The summed E-state index contributed by atoms with van der Waals surface area (Å²) in [5.41, 5.74) is 0.838. The number of aliphatic hydroxyl groups is 1. The number of benzene rings is 1. The van der Waals surface area contributed by atoms with Gasteiger partial charge >= 0.3 is 0 Å². The number of non-ortho nitro benzene ring substituents is 1. The highest BCUT2D eigenvalue weighted by molar-refractivity contribution is 5.99. The smallest absolute Gasteiger partial charge is 0.278 e. The number of hydrogen-bond acceptors (Lipinski definition) is 5. The van der Waals surface area contributed by atoms with E-state index in [1.807, 2.05) is 0 Å². The molecule has 1 saturated carbocycles. The van der Waals surface area contributed by atoms with Gasteiger partial charge in [-0.2, -0.15) is 0 Å². The zero-order chi connectivity index (χ0) is 15.5. The van der Waals surface area contributed by atoms with E-state index in [1.54, 1.807) is 18.3 Å². The van der Waals surface area contributed by atoms with E-state index in [9.17, 15) is 15.2 Å². The number of nitro groups is 1. The molecule has 116 valence electrons. The van der Waals surface area contributed by atoms with Gasteiger partial charge in [-0.05, 0) is 30.9 Å². The first kappa shape index (κ1) is 14.7. The molecule has 0 saturated heterocycles. The highest BCUT2D eigenvalue weighted by Gasteiger charge is 2.23. The molecule has 1 unspecified atom stereocenters. The van der Waals surface area contributed by atoms with Crippen molar-refractivity contribution < 1.29 is 10.0 Å². The zero-order valence-corrected chi connectivity index (χ0v) is 12.2. The molecule has 1 aliphatic rings. The molecule has 1 fully saturated rings. The average molecular weight is 301 g/mol. The van der Waals surface area contributed by atoms with Crippen molar-refractivity contribution in [1.29, 1.82) is 0 Å². The fourth-order valence-corrected chi connectivity index (χ4v) is 3.21. The third-order valence-electron chi connectivity index (χ3n) is 4.44. The summed E-state index contributed by atoms with van der Waals surface area (Å²) < 4.78 is 0. The molecule has 1 aromatic carbocycles. The molecule has 1 aromatic heterocycles. The summed E-state index contributed by atoms with van der Waals surface area (Å²) in [5, 5.41) is 25.8. The molecular weight excluding hydrogens is 282 g/mol. The maximum absolute atomic E-state index is 11.1. The summed E-state index contributed by atoms with van der Waals surface area (Å²) in [5.74, 6) is 0.360. The second-order valence-electron chi connectivity index (χ2n) is 5.80. The molecule has 0 spiro atoms. The summed E-state index contributed by atoms with van der Waals surface area (Å²) >= 11 is 0. The quantitative estimate of drug-likeness (QED) is 0.654. The number of rotatable bonds is 5. The third-order valence-corrected chi connectivity index (χ3v) is 4.44. The van der Waals surface area contributed by atoms with Crippen LogP contribution < -0.4 is 5.32 Å². The molecule has 0 bridgehead atoms. The van der Waals surface area contributed by atoms with Gasteiger partial charge in [0.15, 0.2) is 0 Å². The molecule has 0 radical (unpaired) electrons. The van der Waals surface area contributed by atoms with Gasteiger partial charge < -0.3 is 10.4 Å². The standard InChI is InChI=1S/C16H19N3O3/c20-16(11-3-1-2-4-11)10-18-14-5-6-15(19(21)22)13-9-17-8-7-12(13)14/h5-9,11,16,18,20H,1-4,10H2. The molecule has 2 aromatic rings. The van der Waals surface area contributed by atoms with Crippen LogP contribution in [0.1, 0.15) is 25.7 Å².